The Hall–Kier alpha value is -1.15. The molecule has 1 rings (SSSR count). The number of allylic oxidation sites excluding steroid dienone is 2. The van der Waals surface area contributed by atoms with Gasteiger partial charge < -0.3 is 50.5 Å². The zero-order valence-electron chi connectivity index (χ0n) is 44.1. The molecule has 1 saturated heterocycles. The molecule has 404 valence electrons. The van der Waals surface area contributed by atoms with E-state index in [-0.39, 0.29) is 6.42 Å². The van der Waals surface area contributed by atoms with Crippen LogP contribution in [0.2, 0.25) is 0 Å². The zero-order chi connectivity index (χ0) is 49.7. The first kappa shape index (κ1) is 64.9. The summed E-state index contributed by atoms with van der Waals surface area (Å²) in [5, 5.41) is 76.2. The summed E-state index contributed by atoms with van der Waals surface area (Å²) in [5.74, 6) is -0.697. The van der Waals surface area contributed by atoms with E-state index in [9.17, 15) is 40.5 Å². The van der Waals surface area contributed by atoms with Gasteiger partial charge in [0.1, 0.15) is 36.6 Å². The highest BCUT2D eigenvalue weighted by Gasteiger charge is 2.44. The van der Waals surface area contributed by atoms with Crippen molar-refractivity contribution < 1.29 is 50.0 Å². The molecule has 0 aromatic rings. The molecule has 11 nitrogen and oxygen atoms in total. The third-order valence-corrected chi connectivity index (χ3v) is 14.3. The number of aliphatic hydroxyl groups excluding tert-OH is 7. The van der Waals surface area contributed by atoms with E-state index < -0.39 is 74.2 Å². The molecule has 0 bridgehead atoms. The summed E-state index contributed by atoms with van der Waals surface area (Å²) in [4.78, 5) is 13.2. The van der Waals surface area contributed by atoms with Gasteiger partial charge in [0, 0.05) is 0 Å². The number of hydrogen-bond acceptors (Lipinski definition) is 10. The average molecular weight is 971 g/mol. The summed E-state index contributed by atoms with van der Waals surface area (Å²) >= 11 is 0. The highest BCUT2D eigenvalue weighted by molar-refractivity contribution is 5.80. The van der Waals surface area contributed by atoms with Gasteiger partial charge in [-0.15, -0.1) is 0 Å². The number of nitrogens with one attached hydrogen (secondary N) is 1. The molecule has 0 aliphatic carbocycles. The van der Waals surface area contributed by atoms with Crippen LogP contribution in [-0.2, 0) is 14.3 Å². The molecule has 1 aliphatic heterocycles. The second kappa shape index (κ2) is 46.9. The second-order valence-corrected chi connectivity index (χ2v) is 20.7. The summed E-state index contributed by atoms with van der Waals surface area (Å²) in [5.41, 5.74) is 0. The molecule has 11 heteroatoms. The van der Waals surface area contributed by atoms with Gasteiger partial charge in [-0.3, -0.25) is 4.79 Å². The summed E-state index contributed by atoms with van der Waals surface area (Å²) in [6, 6.07) is -1.17. The quantitative estimate of drug-likeness (QED) is 0.0215. The lowest BCUT2D eigenvalue weighted by Gasteiger charge is -2.40. The van der Waals surface area contributed by atoms with Crippen LogP contribution >= 0.6 is 0 Å². The number of carbonyl (C=O) groups is 1. The Morgan fingerprint density at radius 1 is 0.500 bits per heavy atom. The smallest absolute Gasteiger partial charge is 0.249 e. The third kappa shape index (κ3) is 35.1. The van der Waals surface area contributed by atoms with Crippen molar-refractivity contribution in [3.05, 3.63) is 12.2 Å². The third-order valence-electron chi connectivity index (χ3n) is 14.3. The molecule has 68 heavy (non-hydrogen) atoms. The molecular weight excluding hydrogens is 859 g/mol. The molecule has 1 fully saturated rings. The number of carbonyl (C=O) groups excluding carboxylic acids is 1. The van der Waals surface area contributed by atoms with Crippen LogP contribution in [0.4, 0.5) is 0 Å². The lowest BCUT2D eigenvalue weighted by atomic mass is 9.98. The van der Waals surface area contributed by atoms with E-state index in [0.717, 1.165) is 51.4 Å². The predicted octanol–water partition coefficient (Wildman–Crippen LogP) is 12.0. The van der Waals surface area contributed by atoms with E-state index in [2.05, 4.69) is 31.3 Å². The molecule has 1 amide bonds. The predicted molar refractivity (Wildman–Crippen MR) is 279 cm³/mol. The maximum Gasteiger partial charge on any atom is 0.249 e. The SMILES string of the molecule is CCCCCCCCCCCC/C=C\CCCCCCCCC(O)C(=O)NC(COC1OC(CO)C(O)C(O)C1O)C(O)C(O)CCCCCCCCCCCCCCCCCCCCCCC. The molecule has 8 N–H and O–H groups in total. The second-order valence-electron chi connectivity index (χ2n) is 20.7. The summed E-state index contributed by atoms with van der Waals surface area (Å²) in [6.07, 6.45) is 42.6. The van der Waals surface area contributed by atoms with Gasteiger partial charge in [-0.2, -0.15) is 0 Å². The van der Waals surface area contributed by atoms with E-state index in [4.69, 9.17) is 9.47 Å². The van der Waals surface area contributed by atoms with E-state index in [0.29, 0.717) is 19.3 Å². The Balaban J connectivity index is 2.32. The summed E-state index contributed by atoms with van der Waals surface area (Å²) in [7, 11) is 0. The van der Waals surface area contributed by atoms with Crippen molar-refractivity contribution in [1.82, 2.24) is 5.32 Å². The van der Waals surface area contributed by atoms with Crippen LogP contribution in [0, 0.1) is 0 Å². The molecule has 0 aromatic carbocycles. The normalized spacial score (nSPS) is 20.5. The van der Waals surface area contributed by atoms with E-state index in [1.54, 1.807) is 0 Å². The molecule has 0 aromatic heterocycles. The zero-order valence-corrected chi connectivity index (χ0v) is 44.1. The molecule has 9 unspecified atom stereocenters. The highest BCUT2D eigenvalue weighted by Crippen LogP contribution is 2.23. The van der Waals surface area contributed by atoms with Crippen molar-refractivity contribution in [1.29, 1.82) is 0 Å². The van der Waals surface area contributed by atoms with Gasteiger partial charge in [0.15, 0.2) is 6.29 Å². The Labute approximate surface area is 417 Å². The maximum absolute atomic E-state index is 13.2. The first-order valence-corrected chi connectivity index (χ1v) is 29.1. The van der Waals surface area contributed by atoms with Crippen LogP contribution in [0.15, 0.2) is 12.2 Å². The molecule has 0 spiro atoms. The number of unbranched alkanes of at least 4 members (excludes halogenated alkanes) is 36. The summed E-state index contributed by atoms with van der Waals surface area (Å²) in [6.45, 7) is 3.49. The van der Waals surface area contributed by atoms with Gasteiger partial charge in [0.2, 0.25) is 5.91 Å². The minimum Gasteiger partial charge on any atom is -0.394 e. The van der Waals surface area contributed by atoms with Gasteiger partial charge in [-0.05, 0) is 38.5 Å². The number of aliphatic hydroxyl groups is 7. The summed E-state index contributed by atoms with van der Waals surface area (Å²) < 4.78 is 11.1. The maximum atomic E-state index is 13.2. The van der Waals surface area contributed by atoms with Crippen LogP contribution in [0.5, 0.6) is 0 Å². The molecule has 0 saturated carbocycles. The van der Waals surface area contributed by atoms with Crippen LogP contribution in [-0.4, -0.2) is 110 Å². The van der Waals surface area contributed by atoms with E-state index in [1.807, 2.05) is 0 Å². The number of rotatable bonds is 50. The van der Waals surface area contributed by atoms with Crippen molar-refractivity contribution in [3.8, 4) is 0 Å². The lowest BCUT2D eigenvalue weighted by molar-refractivity contribution is -0.303. The molecular formula is C57H111NO10. The van der Waals surface area contributed by atoms with Crippen LogP contribution < -0.4 is 5.32 Å². The standard InChI is InChI=1S/C57H111NO10/c1-3-5-7-9-11-13-15-17-19-21-23-25-27-28-30-32-34-36-38-40-42-44-49(60)52(62)48(47-67-57-55(65)54(64)53(63)51(46-59)68-57)58-56(66)50(61)45-43-41-39-37-35-33-31-29-26-24-22-20-18-16-14-12-10-8-6-4-2/h26,29,48-55,57,59-65H,3-25,27-28,30-47H2,1-2H3,(H,58,66)/b29-26-. The minimum atomic E-state index is -1.66. The van der Waals surface area contributed by atoms with Crippen molar-refractivity contribution in [2.45, 2.75) is 332 Å². The monoisotopic (exact) mass is 970 g/mol. The number of ether oxygens (including phenoxy) is 2. The Morgan fingerprint density at radius 2 is 0.853 bits per heavy atom. The fourth-order valence-corrected chi connectivity index (χ4v) is 9.56. The van der Waals surface area contributed by atoms with Crippen molar-refractivity contribution in [3.63, 3.8) is 0 Å². The molecule has 1 heterocycles. The topological polar surface area (TPSA) is 189 Å². The van der Waals surface area contributed by atoms with Gasteiger partial charge in [0.25, 0.3) is 0 Å². The number of hydrogen-bond donors (Lipinski definition) is 8. The largest absolute Gasteiger partial charge is 0.394 e. The highest BCUT2D eigenvalue weighted by atomic mass is 16.7. The van der Waals surface area contributed by atoms with Gasteiger partial charge >= 0.3 is 0 Å². The van der Waals surface area contributed by atoms with Crippen LogP contribution in [0.1, 0.15) is 277 Å². The first-order chi connectivity index (χ1) is 33.2. The van der Waals surface area contributed by atoms with Crippen molar-refractivity contribution in [2.24, 2.45) is 0 Å². The Morgan fingerprint density at radius 3 is 1.24 bits per heavy atom. The van der Waals surface area contributed by atoms with Crippen LogP contribution in [0.3, 0.4) is 0 Å². The van der Waals surface area contributed by atoms with Gasteiger partial charge in [0.05, 0.1) is 25.4 Å². The minimum absolute atomic E-state index is 0.256. The van der Waals surface area contributed by atoms with Gasteiger partial charge in [-0.1, -0.05) is 251 Å². The van der Waals surface area contributed by atoms with Gasteiger partial charge in [-0.25, -0.2) is 0 Å². The fourth-order valence-electron chi connectivity index (χ4n) is 9.56. The van der Waals surface area contributed by atoms with E-state index >= 15 is 0 Å². The fraction of sp³-hybridized carbons (Fsp3) is 0.947. The van der Waals surface area contributed by atoms with E-state index in [1.165, 1.54) is 186 Å². The molecule has 9 atom stereocenters. The number of amides is 1. The van der Waals surface area contributed by atoms with Crippen molar-refractivity contribution >= 4 is 5.91 Å². The first-order valence-electron chi connectivity index (χ1n) is 29.1. The molecule has 0 radical (unpaired) electrons. The molecule has 1 aliphatic rings. The Bertz CT molecular complexity index is 1110. The van der Waals surface area contributed by atoms with Crippen LogP contribution in [0.25, 0.3) is 0 Å². The van der Waals surface area contributed by atoms with Crippen molar-refractivity contribution in [2.75, 3.05) is 13.2 Å². The average Bonchev–Trinajstić information content (AvgIpc) is 3.34. The Kier molecular flexibility index (Phi) is 44.7. The lowest BCUT2D eigenvalue weighted by Crippen LogP contribution is -2.60.